The zero-order valence-electron chi connectivity index (χ0n) is 11.5. The van der Waals surface area contributed by atoms with Gasteiger partial charge in [-0.25, -0.2) is 0 Å². The number of rotatable bonds is 5. The van der Waals surface area contributed by atoms with Crippen molar-refractivity contribution in [2.24, 2.45) is 5.92 Å². The lowest BCUT2D eigenvalue weighted by Crippen LogP contribution is -2.30. The normalized spacial score (nSPS) is 12.9. The van der Waals surface area contributed by atoms with Gasteiger partial charge in [0.2, 0.25) is 0 Å². The Balaban J connectivity index is 2.93. The first-order chi connectivity index (χ1) is 7.95. The highest BCUT2D eigenvalue weighted by molar-refractivity contribution is 6.17. The molecule has 17 heavy (non-hydrogen) atoms. The minimum Gasteiger partial charge on any atom is -0.372 e. The lowest BCUT2D eigenvalue weighted by Gasteiger charge is -2.30. The predicted octanol–water partition coefficient (Wildman–Crippen LogP) is 4.00. The third-order valence-electron chi connectivity index (χ3n) is 3.10. The van der Waals surface area contributed by atoms with Gasteiger partial charge in [0.05, 0.1) is 5.88 Å². The van der Waals surface area contributed by atoms with Crippen molar-refractivity contribution in [1.29, 1.82) is 0 Å². The van der Waals surface area contributed by atoms with Crippen LogP contribution in [0.2, 0.25) is 0 Å². The number of pyridine rings is 1. The topological polar surface area (TPSA) is 16.1 Å². The number of halogens is 1. The van der Waals surface area contributed by atoms with Crippen LogP contribution in [0.15, 0.2) is 12.3 Å². The van der Waals surface area contributed by atoms with E-state index in [0.717, 1.165) is 11.3 Å². The number of nitrogens with zero attached hydrogens (tertiary/aromatic N) is 2. The monoisotopic (exact) mass is 254 g/mol. The Hall–Kier alpha value is -0.760. The van der Waals surface area contributed by atoms with Crippen molar-refractivity contribution in [1.82, 2.24) is 4.98 Å². The summed E-state index contributed by atoms with van der Waals surface area (Å²) in [5.41, 5.74) is 3.36. The Kier molecular flexibility index (Phi) is 5.26. The SMILES string of the molecule is Cc1cc(N(C)C(C)CC(C)C)c(CCl)cn1. The Morgan fingerprint density at radius 2 is 2.00 bits per heavy atom. The molecule has 1 unspecified atom stereocenters. The molecule has 1 heterocycles. The highest BCUT2D eigenvalue weighted by Crippen LogP contribution is 2.25. The summed E-state index contributed by atoms with van der Waals surface area (Å²) in [6, 6.07) is 2.63. The highest BCUT2D eigenvalue weighted by atomic mass is 35.5. The second-order valence-electron chi connectivity index (χ2n) is 5.18. The Labute approximate surface area is 110 Å². The third kappa shape index (κ3) is 3.88. The van der Waals surface area contributed by atoms with Crippen molar-refractivity contribution >= 4 is 17.3 Å². The maximum atomic E-state index is 5.97. The summed E-state index contributed by atoms with van der Waals surface area (Å²) in [5.74, 6) is 1.22. The maximum absolute atomic E-state index is 5.97. The van der Waals surface area contributed by atoms with Crippen LogP contribution in [0.3, 0.4) is 0 Å². The Morgan fingerprint density at radius 3 is 2.53 bits per heavy atom. The molecular weight excluding hydrogens is 232 g/mol. The van der Waals surface area contributed by atoms with Crippen molar-refractivity contribution in [2.75, 3.05) is 11.9 Å². The molecule has 0 radical (unpaired) electrons. The van der Waals surface area contributed by atoms with E-state index in [1.165, 1.54) is 12.1 Å². The molecule has 0 fully saturated rings. The van der Waals surface area contributed by atoms with Crippen LogP contribution in [0.1, 0.15) is 38.4 Å². The molecule has 0 aliphatic heterocycles. The smallest absolute Gasteiger partial charge is 0.0509 e. The van der Waals surface area contributed by atoms with Crippen LogP contribution in [0, 0.1) is 12.8 Å². The molecule has 2 nitrogen and oxygen atoms in total. The zero-order chi connectivity index (χ0) is 13.0. The van der Waals surface area contributed by atoms with Crippen molar-refractivity contribution in [3.05, 3.63) is 23.5 Å². The van der Waals surface area contributed by atoms with E-state index in [4.69, 9.17) is 11.6 Å². The van der Waals surface area contributed by atoms with Gasteiger partial charge in [0.25, 0.3) is 0 Å². The fourth-order valence-corrected chi connectivity index (χ4v) is 2.29. The van der Waals surface area contributed by atoms with Gasteiger partial charge in [0.1, 0.15) is 0 Å². The van der Waals surface area contributed by atoms with Gasteiger partial charge in [0.15, 0.2) is 0 Å². The van der Waals surface area contributed by atoms with Gasteiger partial charge >= 0.3 is 0 Å². The molecule has 0 N–H and O–H groups in total. The lowest BCUT2D eigenvalue weighted by atomic mass is 10.0. The average molecular weight is 255 g/mol. The summed E-state index contributed by atoms with van der Waals surface area (Å²) < 4.78 is 0. The second kappa shape index (κ2) is 6.25. The number of anilines is 1. The molecule has 0 spiro atoms. The van der Waals surface area contributed by atoms with E-state index < -0.39 is 0 Å². The molecule has 0 aliphatic rings. The van der Waals surface area contributed by atoms with Crippen LogP contribution in [0.25, 0.3) is 0 Å². The number of hydrogen-bond donors (Lipinski definition) is 0. The molecular formula is C14H23ClN2. The Bertz CT molecular complexity index is 363. The van der Waals surface area contributed by atoms with E-state index in [1.54, 1.807) is 0 Å². The number of alkyl halides is 1. The summed E-state index contributed by atoms with van der Waals surface area (Å²) in [4.78, 5) is 6.61. The van der Waals surface area contributed by atoms with E-state index in [2.05, 4.69) is 43.8 Å². The Morgan fingerprint density at radius 1 is 1.35 bits per heavy atom. The minimum atomic E-state index is 0.513. The van der Waals surface area contributed by atoms with Gasteiger partial charge in [-0.15, -0.1) is 11.6 Å². The molecule has 0 saturated heterocycles. The minimum absolute atomic E-state index is 0.513. The predicted molar refractivity (Wildman–Crippen MR) is 75.9 cm³/mol. The highest BCUT2D eigenvalue weighted by Gasteiger charge is 2.15. The molecule has 3 heteroatoms. The molecule has 1 aromatic heterocycles. The van der Waals surface area contributed by atoms with Crippen LogP contribution in [-0.4, -0.2) is 18.1 Å². The van der Waals surface area contributed by atoms with Gasteiger partial charge in [-0.2, -0.15) is 0 Å². The van der Waals surface area contributed by atoms with E-state index in [9.17, 15) is 0 Å². The van der Waals surface area contributed by atoms with Crippen LogP contribution >= 0.6 is 11.6 Å². The van der Waals surface area contributed by atoms with Gasteiger partial charge in [-0.05, 0) is 32.3 Å². The van der Waals surface area contributed by atoms with Crippen LogP contribution < -0.4 is 4.90 Å². The average Bonchev–Trinajstić information content (AvgIpc) is 2.27. The van der Waals surface area contributed by atoms with Gasteiger partial charge < -0.3 is 4.90 Å². The van der Waals surface area contributed by atoms with Crippen LogP contribution in [-0.2, 0) is 5.88 Å². The van der Waals surface area contributed by atoms with E-state index in [1.807, 2.05) is 13.1 Å². The quantitative estimate of drug-likeness (QED) is 0.739. The molecule has 0 saturated carbocycles. The van der Waals surface area contributed by atoms with Crippen molar-refractivity contribution < 1.29 is 0 Å². The molecule has 0 amide bonds. The number of aryl methyl sites for hydroxylation is 1. The van der Waals surface area contributed by atoms with Crippen molar-refractivity contribution in [3.8, 4) is 0 Å². The standard InChI is InChI=1S/C14H23ClN2/c1-10(2)6-12(4)17(5)14-7-11(3)16-9-13(14)8-15/h7,9-10,12H,6,8H2,1-5H3. The summed E-state index contributed by atoms with van der Waals surface area (Å²) in [5, 5.41) is 0. The summed E-state index contributed by atoms with van der Waals surface area (Å²) in [7, 11) is 2.14. The first kappa shape index (κ1) is 14.3. The molecule has 1 aromatic rings. The van der Waals surface area contributed by atoms with E-state index in [-0.39, 0.29) is 0 Å². The first-order valence-electron chi connectivity index (χ1n) is 6.20. The van der Waals surface area contributed by atoms with Gasteiger partial charge in [0, 0.05) is 36.2 Å². The summed E-state index contributed by atoms with van der Waals surface area (Å²) in [6.45, 7) is 8.78. The van der Waals surface area contributed by atoms with Gasteiger partial charge in [-0.3, -0.25) is 4.98 Å². The molecule has 1 atom stereocenters. The van der Waals surface area contributed by atoms with Crippen molar-refractivity contribution in [3.63, 3.8) is 0 Å². The van der Waals surface area contributed by atoms with Crippen LogP contribution in [0.4, 0.5) is 5.69 Å². The lowest BCUT2D eigenvalue weighted by molar-refractivity contribution is 0.503. The molecule has 1 rings (SSSR count). The summed E-state index contributed by atoms with van der Waals surface area (Å²) >= 11 is 5.97. The first-order valence-corrected chi connectivity index (χ1v) is 6.73. The van der Waals surface area contributed by atoms with E-state index in [0.29, 0.717) is 17.8 Å². The molecule has 0 aliphatic carbocycles. The molecule has 96 valence electrons. The van der Waals surface area contributed by atoms with Gasteiger partial charge in [-0.1, -0.05) is 13.8 Å². The summed E-state index contributed by atoms with van der Waals surface area (Å²) in [6.07, 6.45) is 3.07. The fourth-order valence-electron chi connectivity index (χ4n) is 2.08. The largest absolute Gasteiger partial charge is 0.372 e. The van der Waals surface area contributed by atoms with Crippen LogP contribution in [0.5, 0.6) is 0 Å². The zero-order valence-corrected chi connectivity index (χ0v) is 12.3. The maximum Gasteiger partial charge on any atom is 0.0509 e. The number of aromatic nitrogens is 1. The fraction of sp³-hybridized carbons (Fsp3) is 0.643. The second-order valence-corrected chi connectivity index (χ2v) is 5.44. The molecule has 0 aromatic carbocycles. The molecule has 0 bridgehead atoms. The van der Waals surface area contributed by atoms with E-state index >= 15 is 0 Å². The number of hydrogen-bond acceptors (Lipinski definition) is 2. The third-order valence-corrected chi connectivity index (χ3v) is 3.38. The van der Waals surface area contributed by atoms with Crippen molar-refractivity contribution in [2.45, 2.75) is 46.0 Å².